The summed E-state index contributed by atoms with van der Waals surface area (Å²) in [6.45, 7) is 11.4. The Labute approximate surface area is 359 Å². The van der Waals surface area contributed by atoms with Crippen molar-refractivity contribution in [3.63, 3.8) is 0 Å². The lowest BCUT2D eigenvalue weighted by Crippen LogP contribution is -2.03. The van der Waals surface area contributed by atoms with Gasteiger partial charge in [0.05, 0.1) is 37.6 Å². The Kier molecular flexibility index (Phi) is 20.9. The highest BCUT2D eigenvalue weighted by molar-refractivity contribution is 5.76. The van der Waals surface area contributed by atoms with Gasteiger partial charge in [-0.3, -0.25) is 0 Å². The molecule has 0 fully saturated rings. The molecule has 0 bridgehead atoms. The molecular formula is C50H70N4O6. The SMILES string of the molecule is CCCCCCCCOc1ccc(-c2nnc(-c3cc(OCCCCCC)c(-c4nnc(-c5ccc(OCCCCCCCC)cc5)o4)cc3OCCCCCC)o2)cc1. The molecular weight excluding hydrogens is 753 g/mol. The molecule has 60 heavy (non-hydrogen) atoms. The number of rotatable bonds is 32. The molecule has 326 valence electrons. The number of nitrogens with zero attached hydrogens (tertiary/aromatic N) is 4. The first-order valence-electron chi connectivity index (χ1n) is 23.2. The largest absolute Gasteiger partial charge is 0.494 e. The van der Waals surface area contributed by atoms with Crippen LogP contribution in [-0.2, 0) is 0 Å². The first-order valence-corrected chi connectivity index (χ1v) is 23.2. The van der Waals surface area contributed by atoms with Gasteiger partial charge < -0.3 is 27.8 Å². The lowest BCUT2D eigenvalue weighted by atomic mass is 10.1. The lowest BCUT2D eigenvalue weighted by Gasteiger charge is -2.15. The fraction of sp³-hybridized carbons (Fsp3) is 0.560. The Morgan fingerprint density at radius 3 is 1.02 bits per heavy atom. The molecule has 5 aromatic rings. The zero-order valence-corrected chi connectivity index (χ0v) is 37.0. The van der Waals surface area contributed by atoms with Gasteiger partial charge in [0.15, 0.2) is 0 Å². The third kappa shape index (κ3) is 15.3. The summed E-state index contributed by atoms with van der Waals surface area (Å²) in [5, 5.41) is 17.9. The monoisotopic (exact) mass is 823 g/mol. The van der Waals surface area contributed by atoms with E-state index in [1.54, 1.807) is 0 Å². The van der Waals surface area contributed by atoms with E-state index in [1.807, 2.05) is 60.7 Å². The van der Waals surface area contributed by atoms with E-state index in [4.69, 9.17) is 27.8 Å². The van der Waals surface area contributed by atoms with Crippen LogP contribution in [0.15, 0.2) is 69.5 Å². The third-order valence-corrected chi connectivity index (χ3v) is 10.6. The van der Waals surface area contributed by atoms with E-state index < -0.39 is 0 Å². The minimum absolute atomic E-state index is 0.337. The molecule has 2 heterocycles. The highest BCUT2D eigenvalue weighted by atomic mass is 16.5. The van der Waals surface area contributed by atoms with Crippen molar-refractivity contribution in [1.82, 2.24) is 20.4 Å². The molecule has 0 unspecified atom stereocenters. The van der Waals surface area contributed by atoms with Crippen molar-refractivity contribution in [2.45, 2.75) is 156 Å². The van der Waals surface area contributed by atoms with Crippen molar-refractivity contribution < 1.29 is 27.8 Å². The molecule has 10 heteroatoms. The molecule has 0 saturated carbocycles. The second kappa shape index (κ2) is 27.1. The van der Waals surface area contributed by atoms with Crippen molar-refractivity contribution in [2.75, 3.05) is 26.4 Å². The van der Waals surface area contributed by atoms with Crippen molar-refractivity contribution >= 4 is 0 Å². The van der Waals surface area contributed by atoms with E-state index in [0.717, 1.165) is 86.8 Å². The smallest absolute Gasteiger partial charge is 0.252 e. The van der Waals surface area contributed by atoms with Crippen LogP contribution in [0.4, 0.5) is 0 Å². The van der Waals surface area contributed by atoms with Gasteiger partial charge in [0.25, 0.3) is 11.8 Å². The quantitative estimate of drug-likeness (QED) is 0.0388. The van der Waals surface area contributed by atoms with Gasteiger partial charge in [-0.1, -0.05) is 130 Å². The van der Waals surface area contributed by atoms with Gasteiger partial charge in [-0.05, 0) is 86.3 Å². The average Bonchev–Trinajstić information content (AvgIpc) is 3.98. The summed E-state index contributed by atoms with van der Waals surface area (Å²) >= 11 is 0. The minimum atomic E-state index is 0.337. The van der Waals surface area contributed by atoms with Crippen LogP contribution in [0.25, 0.3) is 45.8 Å². The van der Waals surface area contributed by atoms with Crippen molar-refractivity contribution in [3.05, 3.63) is 60.7 Å². The molecule has 0 aliphatic carbocycles. The van der Waals surface area contributed by atoms with Crippen LogP contribution < -0.4 is 18.9 Å². The van der Waals surface area contributed by atoms with E-state index in [1.165, 1.54) is 64.2 Å². The van der Waals surface area contributed by atoms with Crippen LogP contribution in [0.1, 0.15) is 156 Å². The maximum Gasteiger partial charge on any atom is 0.252 e. The fourth-order valence-corrected chi connectivity index (χ4v) is 6.98. The molecule has 0 spiro atoms. The van der Waals surface area contributed by atoms with Gasteiger partial charge in [0.1, 0.15) is 23.0 Å². The number of hydrogen-bond donors (Lipinski definition) is 0. The molecule has 0 saturated heterocycles. The van der Waals surface area contributed by atoms with Gasteiger partial charge >= 0.3 is 0 Å². The molecule has 0 radical (unpaired) electrons. The summed E-state index contributed by atoms with van der Waals surface area (Å²) in [4.78, 5) is 0. The maximum atomic E-state index is 6.48. The number of unbranched alkanes of at least 4 members (excludes halogenated alkanes) is 16. The normalized spacial score (nSPS) is 11.3. The Hall–Kier alpha value is -4.86. The highest BCUT2D eigenvalue weighted by Crippen LogP contribution is 2.42. The van der Waals surface area contributed by atoms with Crippen LogP contribution in [0, 0.1) is 0 Å². The van der Waals surface area contributed by atoms with E-state index in [2.05, 4.69) is 48.1 Å². The van der Waals surface area contributed by atoms with E-state index >= 15 is 0 Å². The first-order chi connectivity index (χ1) is 29.6. The topological polar surface area (TPSA) is 115 Å². The van der Waals surface area contributed by atoms with Gasteiger partial charge in [-0.2, -0.15) is 0 Å². The average molecular weight is 823 g/mol. The van der Waals surface area contributed by atoms with Crippen LogP contribution in [0.3, 0.4) is 0 Å². The summed E-state index contributed by atoms with van der Waals surface area (Å²) in [5.41, 5.74) is 2.91. The Balaban J connectivity index is 1.35. The van der Waals surface area contributed by atoms with Crippen LogP contribution in [0.2, 0.25) is 0 Å². The van der Waals surface area contributed by atoms with Crippen molar-refractivity contribution in [2.24, 2.45) is 0 Å². The molecule has 0 aliphatic rings. The van der Waals surface area contributed by atoms with Crippen LogP contribution >= 0.6 is 0 Å². The van der Waals surface area contributed by atoms with E-state index in [-0.39, 0.29) is 0 Å². The number of benzene rings is 3. The van der Waals surface area contributed by atoms with Gasteiger partial charge in [0, 0.05) is 11.1 Å². The van der Waals surface area contributed by atoms with Gasteiger partial charge in [-0.15, -0.1) is 20.4 Å². The summed E-state index contributed by atoms with van der Waals surface area (Å²) in [7, 11) is 0. The van der Waals surface area contributed by atoms with Crippen molar-refractivity contribution in [3.8, 4) is 68.8 Å². The highest BCUT2D eigenvalue weighted by Gasteiger charge is 2.23. The predicted octanol–water partition coefficient (Wildman–Crippen LogP) is 14.5. The standard InChI is InChI=1S/C50H70N4O6/c1-5-9-13-17-19-23-33-55-41-29-25-39(26-30-41)47-51-53-49(59-47)43-37-46(58-36-22-16-12-8-4)44(38-45(43)57-35-21-15-11-7-3)50-54-52-48(60-50)40-27-31-42(32-28-40)56-34-24-20-18-14-10-6-2/h25-32,37-38H,5-24,33-36H2,1-4H3. The molecule has 5 rings (SSSR count). The van der Waals surface area contributed by atoms with Crippen LogP contribution in [-0.4, -0.2) is 46.8 Å². The number of aromatic nitrogens is 4. The molecule has 0 amide bonds. The van der Waals surface area contributed by atoms with Crippen LogP contribution in [0.5, 0.6) is 23.0 Å². The summed E-state index contributed by atoms with van der Waals surface area (Å²) in [6, 6.07) is 19.5. The number of hydrogen-bond acceptors (Lipinski definition) is 10. The van der Waals surface area contributed by atoms with Gasteiger partial charge in [0.2, 0.25) is 11.8 Å². The Morgan fingerprint density at radius 1 is 0.350 bits per heavy atom. The van der Waals surface area contributed by atoms with Gasteiger partial charge in [-0.25, -0.2) is 0 Å². The Bertz CT molecular complexity index is 1750. The summed E-state index contributed by atoms with van der Waals surface area (Å²) in [6.07, 6.45) is 23.3. The minimum Gasteiger partial charge on any atom is -0.494 e. The summed E-state index contributed by atoms with van der Waals surface area (Å²) < 4.78 is 37.7. The molecule has 10 nitrogen and oxygen atoms in total. The second-order valence-corrected chi connectivity index (χ2v) is 15.8. The lowest BCUT2D eigenvalue weighted by molar-refractivity contribution is 0.297. The van der Waals surface area contributed by atoms with E-state index in [0.29, 0.717) is 72.6 Å². The number of ether oxygens (including phenoxy) is 4. The molecule has 3 aromatic carbocycles. The zero-order valence-electron chi connectivity index (χ0n) is 37.0. The first kappa shape index (κ1) is 46.2. The van der Waals surface area contributed by atoms with E-state index in [9.17, 15) is 0 Å². The molecule has 0 atom stereocenters. The third-order valence-electron chi connectivity index (χ3n) is 10.6. The molecule has 0 N–H and O–H groups in total. The predicted molar refractivity (Wildman–Crippen MR) is 241 cm³/mol. The Morgan fingerprint density at radius 2 is 0.650 bits per heavy atom. The fourth-order valence-electron chi connectivity index (χ4n) is 6.98. The summed E-state index contributed by atoms with van der Waals surface area (Å²) in [5.74, 6) is 4.32. The van der Waals surface area contributed by atoms with Crippen molar-refractivity contribution in [1.29, 1.82) is 0 Å². The molecule has 2 aromatic heterocycles. The molecule has 0 aliphatic heterocycles. The zero-order chi connectivity index (χ0) is 42.0. The maximum absolute atomic E-state index is 6.48. The second-order valence-electron chi connectivity index (χ2n) is 15.8.